The first-order valence-corrected chi connectivity index (χ1v) is 7.81. The molecule has 2 aromatic carbocycles. The van der Waals surface area contributed by atoms with Crippen molar-refractivity contribution in [1.82, 2.24) is 4.90 Å². The number of hydrogen-bond donors (Lipinski definition) is 1. The third-order valence-electron chi connectivity index (χ3n) is 3.86. The topological polar surface area (TPSA) is 41.6 Å². The lowest BCUT2D eigenvalue weighted by Gasteiger charge is -2.27. The van der Waals surface area contributed by atoms with Crippen molar-refractivity contribution in [3.8, 4) is 0 Å². The average molecular weight is 344 g/mol. The molecule has 0 aromatic heterocycles. The minimum atomic E-state index is 0.219. The van der Waals surface area contributed by atoms with Gasteiger partial charge in [-0.15, -0.1) is 0 Å². The van der Waals surface area contributed by atoms with Gasteiger partial charge in [-0.2, -0.15) is 0 Å². The van der Waals surface area contributed by atoms with E-state index in [-0.39, 0.29) is 6.04 Å². The number of halogens is 1. The smallest absolute Gasteiger partial charge is 0.192 e. The van der Waals surface area contributed by atoms with E-state index in [0.717, 1.165) is 17.6 Å². The molecule has 3 rings (SSSR count). The SMILES string of the molecule is Cc1cc(C2CN=C(N)N2Cc2ccccc2)ccc1Br. The predicted octanol–water partition coefficient (Wildman–Crippen LogP) is 3.63. The first-order chi connectivity index (χ1) is 10.1. The van der Waals surface area contributed by atoms with Crippen molar-refractivity contribution in [2.24, 2.45) is 10.7 Å². The summed E-state index contributed by atoms with van der Waals surface area (Å²) in [7, 11) is 0. The number of guanidine groups is 1. The molecule has 0 spiro atoms. The molecule has 2 N–H and O–H groups in total. The summed E-state index contributed by atoms with van der Waals surface area (Å²) in [5, 5.41) is 0. The van der Waals surface area contributed by atoms with Gasteiger partial charge in [0, 0.05) is 11.0 Å². The van der Waals surface area contributed by atoms with Crippen LogP contribution in [0.2, 0.25) is 0 Å². The van der Waals surface area contributed by atoms with E-state index in [4.69, 9.17) is 5.73 Å². The highest BCUT2D eigenvalue weighted by Gasteiger charge is 2.27. The van der Waals surface area contributed by atoms with Crippen molar-refractivity contribution < 1.29 is 0 Å². The maximum Gasteiger partial charge on any atom is 0.192 e. The van der Waals surface area contributed by atoms with Crippen molar-refractivity contribution >= 4 is 21.9 Å². The number of hydrogen-bond acceptors (Lipinski definition) is 3. The molecule has 21 heavy (non-hydrogen) atoms. The van der Waals surface area contributed by atoms with Gasteiger partial charge in [0.05, 0.1) is 12.6 Å². The van der Waals surface area contributed by atoms with Crippen LogP contribution in [0.5, 0.6) is 0 Å². The van der Waals surface area contributed by atoms with Gasteiger partial charge < -0.3 is 10.6 Å². The Hall–Kier alpha value is -1.81. The second kappa shape index (κ2) is 5.90. The van der Waals surface area contributed by atoms with E-state index in [1.54, 1.807) is 0 Å². The Balaban J connectivity index is 1.86. The zero-order valence-electron chi connectivity index (χ0n) is 12.0. The van der Waals surface area contributed by atoms with E-state index in [2.05, 4.69) is 75.2 Å². The molecule has 0 aliphatic carbocycles. The predicted molar refractivity (Wildman–Crippen MR) is 90.1 cm³/mol. The van der Waals surface area contributed by atoms with Crippen molar-refractivity contribution in [3.63, 3.8) is 0 Å². The molecule has 3 nitrogen and oxygen atoms in total. The highest BCUT2D eigenvalue weighted by molar-refractivity contribution is 9.10. The molecule has 1 unspecified atom stereocenters. The van der Waals surface area contributed by atoms with Crippen molar-refractivity contribution in [2.45, 2.75) is 19.5 Å². The molecule has 0 fully saturated rings. The van der Waals surface area contributed by atoms with Crippen LogP contribution in [-0.4, -0.2) is 17.4 Å². The minimum absolute atomic E-state index is 0.219. The van der Waals surface area contributed by atoms with Crippen LogP contribution in [0.4, 0.5) is 0 Å². The molecule has 1 heterocycles. The number of nitrogens with two attached hydrogens (primary N) is 1. The van der Waals surface area contributed by atoms with Gasteiger partial charge in [-0.1, -0.05) is 58.4 Å². The van der Waals surface area contributed by atoms with Gasteiger partial charge in [0.1, 0.15) is 0 Å². The Morgan fingerprint density at radius 3 is 2.71 bits per heavy atom. The zero-order valence-corrected chi connectivity index (χ0v) is 13.5. The van der Waals surface area contributed by atoms with Gasteiger partial charge >= 0.3 is 0 Å². The molecule has 2 aromatic rings. The Morgan fingerprint density at radius 2 is 2.00 bits per heavy atom. The highest BCUT2D eigenvalue weighted by Crippen LogP contribution is 2.29. The molecular formula is C17H18BrN3. The molecule has 0 saturated heterocycles. The molecular weight excluding hydrogens is 326 g/mol. The summed E-state index contributed by atoms with van der Waals surface area (Å²) in [4.78, 5) is 6.61. The van der Waals surface area contributed by atoms with Gasteiger partial charge in [0.25, 0.3) is 0 Å². The van der Waals surface area contributed by atoms with Crippen LogP contribution >= 0.6 is 15.9 Å². The van der Waals surface area contributed by atoms with Gasteiger partial charge in [0.15, 0.2) is 5.96 Å². The maximum atomic E-state index is 6.09. The second-order valence-corrected chi connectivity index (χ2v) is 6.19. The van der Waals surface area contributed by atoms with Crippen LogP contribution < -0.4 is 5.73 Å². The minimum Gasteiger partial charge on any atom is -0.370 e. The van der Waals surface area contributed by atoms with Gasteiger partial charge in [-0.25, -0.2) is 0 Å². The van der Waals surface area contributed by atoms with Crippen LogP contribution in [0, 0.1) is 6.92 Å². The molecule has 1 atom stereocenters. The number of aryl methyl sites for hydroxylation is 1. The molecule has 1 aliphatic heterocycles. The fourth-order valence-corrected chi connectivity index (χ4v) is 2.91. The van der Waals surface area contributed by atoms with E-state index >= 15 is 0 Å². The molecule has 0 saturated carbocycles. The Labute approximate surface area is 133 Å². The van der Waals surface area contributed by atoms with E-state index in [0.29, 0.717) is 5.96 Å². The summed E-state index contributed by atoms with van der Waals surface area (Å²) in [6.07, 6.45) is 0. The van der Waals surface area contributed by atoms with Crippen LogP contribution in [0.1, 0.15) is 22.7 Å². The highest BCUT2D eigenvalue weighted by atomic mass is 79.9. The maximum absolute atomic E-state index is 6.09. The number of benzene rings is 2. The third kappa shape index (κ3) is 2.95. The number of aliphatic imine (C=N–C) groups is 1. The molecule has 1 aliphatic rings. The summed E-state index contributed by atoms with van der Waals surface area (Å²) in [5.74, 6) is 0.629. The summed E-state index contributed by atoms with van der Waals surface area (Å²) in [5.41, 5.74) is 9.83. The average Bonchev–Trinajstić information content (AvgIpc) is 2.85. The Kier molecular flexibility index (Phi) is 3.97. The third-order valence-corrected chi connectivity index (χ3v) is 4.75. The Bertz CT molecular complexity index is 667. The summed E-state index contributed by atoms with van der Waals surface area (Å²) in [6.45, 7) is 3.62. The fraction of sp³-hybridized carbons (Fsp3) is 0.235. The lowest BCUT2D eigenvalue weighted by Crippen LogP contribution is -2.35. The van der Waals surface area contributed by atoms with E-state index in [9.17, 15) is 0 Å². The van der Waals surface area contributed by atoms with Crippen LogP contribution in [0.3, 0.4) is 0 Å². The van der Waals surface area contributed by atoms with E-state index in [1.165, 1.54) is 16.7 Å². The number of nitrogens with zero attached hydrogens (tertiary/aromatic N) is 2. The normalized spacial score (nSPS) is 17.9. The molecule has 0 amide bonds. The van der Waals surface area contributed by atoms with Crippen molar-refractivity contribution in [1.29, 1.82) is 0 Å². The van der Waals surface area contributed by atoms with Crippen LogP contribution in [0.25, 0.3) is 0 Å². The molecule has 4 heteroatoms. The van der Waals surface area contributed by atoms with E-state index in [1.807, 2.05) is 6.07 Å². The van der Waals surface area contributed by atoms with Gasteiger partial charge in [0.2, 0.25) is 0 Å². The van der Waals surface area contributed by atoms with E-state index < -0.39 is 0 Å². The quantitative estimate of drug-likeness (QED) is 0.924. The largest absolute Gasteiger partial charge is 0.370 e. The fourth-order valence-electron chi connectivity index (χ4n) is 2.66. The van der Waals surface area contributed by atoms with Gasteiger partial charge in [-0.05, 0) is 29.7 Å². The molecule has 108 valence electrons. The standard InChI is InChI=1S/C17H18BrN3/c1-12-9-14(7-8-15(12)18)16-10-20-17(19)21(16)11-13-5-3-2-4-6-13/h2-9,16H,10-11H2,1H3,(H2,19,20). The van der Waals surface area contributed by atoms with Crippen LogP contribution in [-0.2, 0) is 6.54 Å². The van der Waals surface area contributed by atoms with Crippen molar-refractivity contribution in [2.75, 3.05) is 6.54 Å². The van der Waals surface area contributed by atoms with Gasteiger partial charge in [-0.3, -0.25) is 4.99 Å². The summed E-state index contributed by atoms with van der Waals surface area (Å²) < 4.78 is 1.13. The lowest BCUT2D eigenvalue weighted by atomic mass is 10.0. The first-order valence-electron chi connectivity index (χ1n) is 7.01. The monoisotopic (exact) mass is 343 g/mol. The number of rotatable bonds is 3. The van der Waals surface area contributed by atoms with Crippen LogP contribution in [0.15, 0.2) is 58.0 Å². The van der Waals surface area contributed by atoms with Crippen molar-refractivity contribution in [3.05, 3.63) is 69.7 Å². The molecule has 0 bridgehead atoms. The summed E-state index contributed by atoms with van der Waals surface area (Å²) >= 11 is 3.55. The molecule has 0 radical (unpaired) electrons. The first kappa shape index (κ1) is 14.1. The second-order valence-electron chi connectivity index (χ2n) is 5.34. The summed E-state index contributed by atoms with van der Waals surface area (Å²) in [6, 6.07) is 17.0. The lowest BCUT2D eigenvalue weighted by molar-refractivity contribution is 0.340. The Morgan fingerprint density at radius 1 is 1.24 bits per heavy atom. The zero-order chi connectivity index (χ0) is 14.8.